The first-order valence-electron chi connectivity index (χ1n) is 8.33. The van der Waals surface area contributed by atoms with E-state index in [0.29, 0.717) is 0 Å². The highest BCUT2D eigenvalue weighted by atomic mass is 32.1. The van der Waals surface area contributed by atoms with Crippen LogP contribution in [0.4, 0.5) is 5.95 Å². The zero-order valence-corrected chi connectivity index (χ0v) is 14.8. The molecule has 0 aromatic carbocycles. The molecule has 0 spiro atoms. The molecule has 0 aliphatic carbocycles. The average molecular weight is 340 g/mol. The average Bonchev–Trinajstić information content (AvgIpc) is 3.24. The predicted octanol–water partition coefficient (Wildman–Crippen LogP) is 4.47. The van der Waals surface area contributed by atoms with Gasteiger partial charge in [-0.1, -0.05) is 5.16 Å². The van der Waals surface area contributed by atoms with Crippen LogP contribution in [0.15, 0.2) is 28.9 Å². The summed E-state index contributed by atoms with van der Waals surface area (Å²) in [6, 6.07) is 6.18. The van der Waals surface area contributed by atoms with Gasteiger partial charge in [-0.15, -0.1) is 11.3 Å². The van der Waals surface area contributed by atoms with E-state index in [1.54, 1.807) is 11.3 Å². The molecule has 3 aromatic heterocycles. The van der Waals surface area contributed by atoms with Gasteiger partial charge in [-0.3, -0.25) is 0 Å². The Morgan fingerprint density at radius 3 is 2.62 bits per heavy atom. The summed E-state index contributed by atoms with van der Waals surface area (Å²) in [6.07, 6.45) is 5.59. The smallest absolute Gasteiger partial charge is 0.225 e. The molecule has 5 nitrogen and oxygen atoms in total. The monoisotopic (exact) mass is 340 g/mol. The van der Waals surface area contributed by atoms with Crippen molar-refractivity contribution >= 4 is 17.3 Å². The van der Waals surface area contributed by atoms with Crippen molar-refractivity contribution in [2.45, 2.75) is 33.1 Å². The van der Waals surface area contributed by atoms with Crippen molar-refractivity contribution in [2.24, 2.45) is 0 Å². The van der Waals surface area contributed by atoms with E-state index >= 15 is 0 Å². The SMILES string of the molecule is Cc1cc(-c2cnc(N3CCCCC3)nc2-c2ccc(C)s2)on1. The number of rotatable bonds is 3. The fraction of sp³-hybridized carbons (Fsp3) is 0.389. The zero-order valence-electron chi connectivity index (χ0n) is 14.0. The van der Waals surface area contributed by atoms with E-state index in [4.69, 9.17) is 9.51 Å². The number of hydrogen-bond acceptors (Lipinski definition) is 6. The number of nitrogens with zero attached hydrogens (tertiary/aromatic N) is 4. The van der Waals surface area contributed by atoms with Crippen molar-refractivity contribution in [3.05, 3.63) is 35.0 Å². The zero-order chi connectivity index (χ0) is 16.5. The Balaban J connectivity index is 1.81. The van der Waals surface area contributed by atoms with Crippen LogP contribution in [-0.4, -0.2) is 28.2 Å². The molecule has 4 heterocycles. The van der Waals surface area contributed by atoms with Crippen LogP contribution in [0.2, 0.25) is 0 Å². The molecule has 1 saturated heterocycles. The minimum absolute atomic E-state index is 0.721. The first kappa shape index (κ1) is 15.3. The summed E-state index contributed by atoms with van der Waals surface area (Å²) in [5, 5.41) is 4.01. The van der Waals surface area contributed by atoms with Crippen molar-refractivity contribution in [1.82, 2.24) is 15.1 Å². The van der Waals surface area contributed by atoms with E-state index < -0.39 is 0 Å². The van der Waals surface area contributed by atoms with Gasteiger partial charge in [-0.05, 0) is 45.2 Å². The maximum Gasteiger partial charge on any atom is 0.225 e. The summed E-state index contributed by atoms with van der Waals surface area (Å²) in [7, 11) is 0. The number of aryl methyl sites for hydroxylation is 2. The second kappa shape index (κ2) is 6.36. The molecule has 1 fully saturated rings. The van der Waals surface area contributed by atoms with Crippen molar-refractivity contribution in [3.8, 4) is 21.9 Å². The molecular formula is C18H20N4OS. The Morgan fingerprint density at radius 2 is 1.96 bits per heavy atom. The van der Waals surface area contributed by atoms with Gasteiger partial charge >= 0.3 is 0 Å². The summed E-state index contributed by atoms with van der Waals surface area (Å²) in [4.78, 5) is 14.2. The van der Waals surface area contributed by atoms with Crippen molar-refractivity contribution < 1.29 is 4.52 Å². The largest absolute Gasteiger partial charge is 0.356 e. The number of hydrogen-bond donors (Lipinski definition) is 0. The molecule has 0 saturated carbocycles. The van der Waals surface area contributed by atoms with E-state index in [0.717, 1.165) is 46.6 Å². The molecule has 0 bridgehead atoms. The molecule has 24 heavy (non-hydrogen) atoms. The lowest BCUT2D eigenvalue weighted by atomic mass is 10.1. The predicted molar refractivity (Wildman–Crippen MR) is 96.4 cm³/mol. The third-order valence-electron chi connectivity index (χ3n) is 4.28. The number of aromatic nitrogens is 3. The molecule has 0 N–H and O–H groups in total. The maximum absolute atomic E-state index is 5.47. The standard InChI is InChI=1S/C18H20N4OS/c1-12-10-15(23-21-12)14-11-19-18(22-8-4-3-5-9-22)20-17(14)16-7-6-13(2)24-16/h6-7,10-11H,3-5,8-9H2,1-2H3. The van der Waals surface area contributed by atoms with E-state index in [1.807, 2.05) is 19.2 Å². The minimum Gasteiger partial charge on any atom is -0.356 e. The van der Waals surface area contributed by atoms with Gasteiger partial charge in [-0.2, -0.15) is 0 Å². The summed E-state index contributed by atoms with van der Waals surface area (Å²) in [6.45, 7) is 6.09. The van der Waals surface area contributed by atoms with E-state index in [-0.39, 0.29) is 0 Å². The molecule has 0 unspecified atom stereocenters. The first-order valence-corrected chi connectivity index (χ1v) is 9.15. The van der Waals surface area contributed by atoms with Gasteiger partial charge < -0.3 is 9.42 Å². The lowest BCUT2D eigenvalue weighted by Gasteiger charge is -2.27. The highest BCUT2D eigenvalue weighted by molar-refractivity contribution is 7.15. The van der Waals surface area contributed by atoms with Crippen LogP contribution < -0.4 is 4.90 Å². The Morgan fingerprint density at radius 1 is 1.12 bits per heavy atom. The van der Waals surface area contributed by atoms with E-state index in [2.05, 4.69) is 34.1 Å². The van der Waals surface area contributed by atoms with Crippen LogP contribution in [-0.2, 0) is 0 Å². The number of anilines is 1. The summed E-state index contributed by atoms with van der Waals surface area (Å²) < 4.78 is 5.47. The van der Waals surface area contributed by atoms with Gasteiger partial charge in [0.25, 0.3) is 0 Å². The molecule has 6 heteroatoms. The Labute approximate surface area is 145 Å². The summed E-state index contributed by atoms with van der Waals surface area (Å²) >= 11 is 1.74. The molecule has 0 amide bonds. The van der Waals surface area contributed by atoms with Crippen LogP contribution in [0.25, 0.3) is 21.9 Å². The maximum atomic E-state index is 5.47. The molecule has 1 aliphatic heterocycles. The number of piperidine rings is 1. The molecule has 0 atom stereocenters. The Hall–Kier alpha value is -2.21. The first-order chi connectivity index (χ1) is 11.7. The fourth-order valence-corrected chi connectivity index (χ4v) is 3.91. The van der Waals surface area contributed by atoms with Gasteiger partial charge in [-0.25, -0.2) is 9.97 Å². The van der Waals surface area contributed by atoms with E-state index in [1.165, 1.54) is 24.1 Å². The fourth-order valence-electron chi connectivity index (χ4n) is 3.04. The Kier molecular flexibility index (Phi) is 4.06. The van der Waals surface area contributed by atoms with Crippen LogP contribution in [0.5, 0.6) is 0 Å². The second-order valence-corrected chi connectivity index (χ2v) is 7.51. The lowest BCUT2D eigenvalue weighted by molar-refractivity contribution is 0.427. The highest BCUT2D eigenvalue weighted by Gasteiger charge is 2.20. The van der Waals surface area contributed by atoms with Gasteiger partial charge in [0.15, 0.2) is 5.76 Å². The van der Waals surface area contributed by atoms with Crippen molar-refractivity contribution in [3.63, 3.8) is 0 Å². The van der Waals surface area contributed by atoms with Crippen LogP contribution >= 0.6 is 11.3 Å². The second-order valence-electron chi connectivity index (χ2n) is 6.22. The quantitative estimate of drug-likeness (QED) is 0.704. The molecule has 3 aromatic rings. The third-order valence-corrected chi connectivity index (χ3v) is 5.29. The van der Waals surface area contributed by atoms with Crippen molar-refractivity contribution in [1.29, 1.82) is 0 Å². The Bertz CT molecular complexity index is 848. The molecule has 4 rings (SSSR count). The van der Waals surface area contributed by atoms with Crippen LogP contribution in [0, 0.1) is 13.8 Å². The van der Waals surface area contributed by atoms with Crippen LogP contribution in [0.3, 0.4) is 0 Å². The van der Waals surface area contributed by atoms with Gasteiger partial charge in [0, 0.05) is 30.2 Å². The third kappa shape index (κ3) is 2.94. The van der Waals surface area contributed by atoms with Gasteiger partial charge in [0.05, 0.1) is 21.8 Å². The number of thiophene rings is 1. The molecule has 0 radical (unpaired) electrons. The van der Waals surface area contributed by atoms with Crippen molar-refractivity contribution in [2.75, 3.05) is 18.0 Å². The summed E-state index contributed by atoms with van der Waals surface area (Å²) in [5.74, 6) is 1.54. The molecule has 1 aliphatic rings. The van der Waals surface area contributed by atoms with Crippen LogP contribution in [0.1, 0.15) is 29.8 Å². The van der Waals surface area contributed by atoms with Gasteiger partial charge in [0.1, 0.15) is 0 Å². The summed E-state index contributed by atoms with van der Waals surface area (Å²) in [5.41, 5.74) is 2.69. The topological polar surface area (TPSA) is 55.1 Å². The highest BCUT2D eigenvalue weighted by Crippen LogP contribution is 2.35. The van der Waals surface area contributed by atoms with E-state index in [9.17, 15) is 0 Å². The molecule has 124 valence electrons. The van der Waals surface area contributed by atoms with Gasteiger partial charge in [0.2, 0.25) is 5.95 Å². The lowest BCUT2D eigenvalue weighted by Crippen LogP contribution is -2.31. The normalized spacial score (nSPS) is 15.0. The molecular weight excluding hydrogens is 320 g/mol. The minimum atomic E-state index is 0.721.